The molecule has 1 aromatic heterocycles. The van der Waals surface area contributed by atoms with E-state index in [2.05, 4.69) is 5.10 Å². The summed E-state index contributed by atoms with van der Waals surface area (Å²) in [5.41, 5.74) is 2.46. The van der Waals surface area contributed by atoms with E-state index in [9.17, 15) is 9.18 Å². The van der Waals surface area contributed by atoms with Gasteiger partial charge in [-0.25, -0.2) is 9.07 Å². The SMILES string of the molecule is O=C1c2ccccc2-n2nc3ccc(F)cc3c21. The van der Waals surface area contributed by atoms with Gasteiger partial charge in [0.1, 0.15) is 11.5 Å². The molecule has 1 aliphatic heterocycles. The van der Waals surface area contributed by atoms with Gasteiger partial charge < -0.3 is 0 Å². The molecule has 0 fully saturated rings. The van der Waals surface area contributed by atoms with Crippen LogP contribution in [0.2, 0.25) is 0 Å². The van der Waals surface area contributed by atoms with Crippen LogP contribution in [0.15, 0.2) is 42.5 Å². The Morgan fingerprint density at radius 3 is 2.83 bits per heavy atom. The molecule has 18 heavy (non-hydrogen) atoms. The summed E-state index contributed by atoms with van der Waals surface area (Å²) >= 11 is 0. The van der Waals surface area contributed by atoms with E-state index < -0.39 is 0 Å². The first kappa shape index (κ1) is 9.53. The fourth-order valence-electron chi connectivity index (χ4n) is 2.43. The molecule has 0 radical (unpaired) electrons. The molecule has 4 rings (SSSR count). The number of halogens is 1. The summed E-state index contributed by atoms with van der Waals surface area (Å²) in [5.74, 6) is -0.458. The van der Waals surface area contributed by atoms with E-state index in [-0.39, 0.29) is 11.6 Å². The Morgan fingerprint density at radius 1 is 1.11 bits per heavy atom. The topological polar surface area (TPSA) is 34.9 Å². The summed E-state index contributed by atoms with van der Waals surface area (Å²) in [6, 6.07) is 11.6. The summed E-state index contributed by atoms with van der Waals surface area (Å²) in [6.07, 6.45) is 0. The summed E-state index contributed by atoms with van der Waals surface area (Å²) < 4.78 is 14.9. The number of rotatable bonds is 0. The molecule has 0 unspecified atom stereocenters. The number of hydrogen-bond acceptors (Lipinski definition) is 2. The minimum atomic E-state index is -0.359. The summed E-state index contributed by atoms with van der Waals surface area (Å²) in [5, 5.41) is 4.92. The van der Waals surface area contributed by atoms with Gasteiger partial charge in [0.15, 0.2) is 0 Å². The lowest BCUT2D eigenvalue weighted by molar-refractivity contribution is 0.104. The number of carbonyl (C=O) groups excluding carboxylic acids is 1. The predicted molar refractivity (Wildman–Crippen MR) is 64.5 cm³/mol. The molecule has 0 spiro atoms. The van der Waals surface area contributed by atoms with E-state index in [1.165, 1.54) is 12.1 Å². The van der Waals surface area contributed by atoms with Gasteiger partial charge in [-0.05, 0) is 30.3 Å². The highest BCUT2D eigenvalue weighted by Gasteiger charge is 2.30. The monoisotopic (exact) mass is 238 g/mol. The van der Waals surface area contributed by atoms with E-state index in [4.69, 9.17) is 0 Å². The first-order valence-corrected chi connectivity index (χ1v) is 5.58. The van der Waals surface area contributed by atoms with Gasteiger partial charge in [0.25, 0.3) is 0 Å². The third-order valence-electron chi connectivity index (χ3n) is 3.23. The minimum absolute atomic E-state index is 0.0984. The van der Waals surface area contributed by atoms with Crippen molar-refractivity contribution in [2.24, 2.45) is 0 Å². The second-order valence-corrected chi connectivity index (χ2v) is 4.27. The Kier molecular flexibility index (Phi) is 1.61. The van der Waals surface area contributed by atoms with Gasteiger partial charge in [-0.3, -0.25) is 4.79 Å². The molecule has 0 atom stereocenters. The molecule has 0 bridgehead atoms. The highest BCUT2D eigenvalue weighted by molar-refractivity contribution is 6.19. The van der Waals surface area contributed by atoms with Crippen molar-refractivity contribution in [1.82, 2.24) is 9.78 Å². The zero-order chi connectivity index (χ0) is 12.3. The Hall–Kier alpha value is -2.49. The quantitative estimate of drug-likeness (QED) is 0.472. The number of aromatic nitrogens is 2. The molecule has 2 heterocycles. The van der Waals surface area contributed by atoms with Gasteiger partial charge in [0.2, 0.25) is 5.78 Å². The van der Waals surface area contributed by atoms with Gasteiger partial charge in [0, 0.05) is 10.9 Å². The molecule has 86 valence electrons. The van der Waals surface area contributed by atoms with Crippen molar-refractivity contribution in [3.05, 3.63) is 59.5 Å². The van der Waals surface area contributed by atoms with Crippen molar-refractivity contribution in [3.63, 3.8) is 0 Å². The molecule has 0 aliphatic carbocycles. The van der Waals surface area contributed by atoms with Crippen LogP contribution in [-0.4, -0.2) is 15.6 Å². The van der Waals surface area contributed by atoms with Crippen molar-refractivity contribution < 1.29 is 9.18 Å². The van der Waals surface area contributed by atoms with Crippen molar-refractivity contribution in [2.75, 3.05) is 0 Å². The minimum Gasteiger partial charge on any atom is -0.287 e. The molecule has 2 aromatic carbocycles. The standard InChI is InChI=1S/C14H7FN2O/c15-8-5-6-11-10(7-8)13-14(18)9-3-1-2-4-12(9)17(13)16-11/h1-7H. The molecule has 4 heteroatoms. The number of hydrogen-bond donors (Lipinski definition) is 0. The van der Waals surface area contributed by atoms with Crippen molar-refractivity contribution in [2.45, 2.75) is 0 Å². The number of benzene rings is 2. The highest BCUT2D eigenvalue weighted by atomic mass is 19.1. The van der Waals surface area contributed by atoms with Crippen molar-refractivity contribution >= 4 is 16.7 Å². The second kappa shape index (κ2) is 3.04. The van der Waals surface area contributed by atoms with Gasteiger partial charge in [-0.2, -0.15) is 5.10 Å². The van der Waals surface area contributed by atoms with Gasteiger partial charge >= 0.3 is 0 Å². The van der Waals surface area contributed by atoms with Gasteiger partial charge in [-0.15, -0.1) is 0 Å². The average molecular weight is 238 g/mol. The van der Waals surface area contributed by atoms with Crippen LogP contribution in [0, 0.1) is 5.82 Å². The third kappa shape index (κ3) is 1.02. The lowest BCUT2D eigenvalue weighted by atomic mass is 10.1. The predicted octanol–water partition coefficient (Wildman–Crippen LogP) is 2.71. The highest BCUT2D eigenvalue weighted by Crippen LogP contribution is 2.32. The number of para-hydroxylation sites is 1. The maximum atomic E-state index is 13.3. The lowest BCUT2D eigenvalue weighted by Crippen LogP contribution is -1.96. The zero-order valence-corrected chi connectivity index (χ0v) is 9.22. The first-order chi connectivity index (χ1) is 8.75. The Balaban J connectivity index is 2.16. The smallest absolute Gasteiger partial charge is 0.214 e. The first-order valence-electron chi connectivity index (χ1n) is 5.58. The molecular weight excluding hydrogens is 231 g/mol. The molecule has 0 saturated carbocycles. The fraction of sp³-hybridized carbons (Fsp3) is 0. The zero-order valence-electron chi connectivity index (χ0n) is 9.22. The maximum Gasteiger partial charge on any atom is 0.214 e. The van der Waals surface area contributed by atoms with Crippen LogP contribution in [0.3, 0.4) is 0 Å². The molecule has 0 N–H and O–H groups in total. The normalized spacial score (nSPS) is 12.8. The van der Waals surface area contributed by atoms with Crippen LogP contribution in [0.5, 0.6) is 0 Å². The average Bonchev–Trinajstić information content (AvgIpc) is 2.87. The molecule has 3 nitrogen and oxygen atoms in total. The number of ketones is 1. The van der Waals surface area contributed by atoms with Crippen LogP contribution in [0.25, 0.3) is 16.6 Å². The van der Waals surface area contributed by atoms with Crippen LogP contribution in [0.1, 0.15) is 16.1 Å². The second-order valence-electron chi connectivity index (χ2n) is 4.27. The lowest BCUT2D eigenvalue weighted by Gasteiger charge is -1.97. The Morgan fingerprint density at radius 2 is 1.94 bits per heavy atom. The largest absolute Gasteiger partial charge is 0.287 e. The fourth-order valence-corrected chi connectivity index (χ4v) is 2.43. The molecule has 0 amide bonds. The number of carbonyl (C=O) groups is 1. The molecule has 0 saturated heterocycles. The van der Waals surface area contributed by atoms with Crippen LogP contribution < -0.4 is 0 Å². The third-order valence-corrected chi connectivity index (χ3v) is 3.23. The number of fused-ring (bicyclic) bond motifs is 5. The Labute approximate surface area is 101 Å². The van der Waals surface area contributed by atoms with Gasteiger partial charge in [-0.1, -0.05) is 12.1 Å². The summed E-state index contributed by atoms with van der Waals surface area (Å²) in [7, 11) is 0. The summed E-state index contributed by atoms with van der Waals surface area (Å²) in [4.78, 5) is 12.3. The number of nitrogens with zero attached hydrogens (tertiary/aromatic N) is 2. The van der Waals surface area contributed by atoms with Gasteiger partial charge in [0.05, 0.1) is 11.2 Å². The van der Waals surface area contributed by atoms with Crippen LogP contribution in [0.4, 0.5) is 4.39 Å². The molecular formula is C14H7FN2O. The maximum absolute atomic E-state index is 13.3. The summed E-state index contributed by atoms with van der Waals surface area (Å²) in [6.45, 7) is 0. The van der Waals surface area contributed by atoms with Crippen molar-refractivity contribution in [3.8, 4) is 5.69 Å². The van der Waals surface area contributed by atoms with E-state index in [1.54, 1.807) is 16.8 Å². The molecule has 1 aliphatic rings. The van der Waals surface area contributed by atoms with Crippen molar-refractivity contribution in [1.29, 1.82) is 0 Å². The van der Waals surface area contributed by atoms with E-state index in [0.29, 0.717) is 22.2 Å². The molecule has 3 aromatic rings. The van der Waals surface area contributed by atoms with E-state index in [1.807, 2.05) is 18.2 Å². The van der Waals surface area contributed by atoms with Crippen LogP contribution >= 0.6 is 0 Å². The Bertz CT molecular complexity index is 820. The van der Waals surface area contributed by atoms with E-state index >= 15 is 0 Å². The van der Waals surface area contributed by atoms with E-state index in [0.717, 1.165) is 5.69 Å². The van der Waals surface area contributed by atoms with Crippen LogP contribution in [-0.2, 0) is 0 Å².